The molecule has 13 heavy (non-hydrogen) atoms. The van der Waals surface area contributed by atoms with Gasteiger partial charge in [-0.2, -0.15) is 0 Å². The van der Waals surface area contributed by atoms with Crippen LogP contribution in [0.5, 0.6) is 0 Å². The van der Waals surface area contributed by atoms with Crippen LogP contribution in [0.4, 0.5) is 5.69 Å². The summed E-state index contributed by atoms with van der Waals surface area (Å²) in [7, 11) is 0. The first-order valence-corrected chi connectivity index (χ1v) is 4.69. The van der Waals surface area contributed by atoms with Crippen LogP contribution in [-0.2, 0) is 6.42 Å². The molecule has 0 saturated carbocycles. The summed E-state index contributed by atoms with van der Waals surface area (Å²) >= 11 is 6.01. The molecule has 70 valence electrons. The smallest absolute Gasteiger partial charge is 0.0662 e. The van der Waals surface area contributed by atoms with Crippen molar-refractivity contribution in [1.29, 1.82) is 0 Å². The van der Waals surface area contributed by atoms with E-state index in [4.69, 9.17) is 11.6 Å². The number of nitrogens with one attached hydrogen (secondary N) is 1. The van der Waals surface area contributed by atoms with Crippen molar-refractivity contribution in [2.75, 3.05) is 11.9 Å². The van der Waals surface area contributed by atoms with Gasteiger partial charge in [-0.25, -0.2) is 0 Å². The van der Waals surface area contributed by atoms with E-state index in [1.807, 2.05) is 25.1 Å². The summed E-state index contributed by atoms with van der Waals surface area (Å²) < 4.78 is 0. The predicted octanol–water partition coefficient (Wildman–Crippen LogP) is 2.06. The van der Waals surface area contributed by atoms with Crippen molar-refractivity contribution in [2.45, 2.75) is 18.9 Å². The molecule has 0 aliphatic carbocycles. The lowest BCUT2D eigenvalue weighted by molar-refractivity contribution is 0.227. The van der Waals surface area contributed by atoms with Crippen molar-refractivity contribution in [3.05, 3.63) is 28.8 Å². The van der Waals surface area contributed by atoms with Gasteiger partial charge in [-0.15, -0.1) is 0 Å². The third-order valence-electron chi connectivity index (χ3n) is 2.46. The van der Waals surface area contributed by atoms with Crippen LogP contribution in [0.2, 0.25) is 5.02 Å². The van der Waals surface area contributed by atoms with Crippen molar-refractivity contribution in [3.8, 4) is 0 Å². The maximum absolute atomic E-state index is 9.18. The molecule has 0 fully saturated rings. The Morgan fingerprint density at radius 1 is 1.62 bits per heavy atom. The zero-order valence-corrected chi connectivity index (χ0v) is 8.23. The molecular formula is C10H12ClNO. The molecule has 1 unspecified atom stereocenters. The highest BCUT2D eigenvalue weighted by Gasteiger charge is 2.32. The standard InChI is InChI=1S/C10H12ClNO/c1-10(6-13)5-7-3-2-4-8(11)9(7)12-10/h2-4,12-13H,5-6H2,1H3. The fourth-order valence-corrected chi connectivity index (χ4v) is 1.96. The van der Waals surface area contributed by atoms with Crippen LogP contribution < -0.4 is 5.32 Å². The maximum atomic E-state index is 9.18. The van der Waals surface area contributed by atoms with Gasteiger partial charge in [-0.3, -0.25) is 0 Å². The van der Waals surface area contributed by atoms with Crippen LogP contribution in [0.3, 0.4) is 0 Å². The summed E-state index contributed by atoms with van der Waals surface area (Å²) in [6, 6.07) is 5.83. The molecule has 2 nitrogen and oxygen atoms in total. The molecule has 0 bridgehead atoms. The minimum absolute atomic E-state index is 0.123. The number of aliphatic hydroxyl groups excluding tert-OH is 1. The van der Waals surface area contributed by atoms with Crippen LogP contribution in [0.15, 0.2) is 18.2 Å². The van der Waals surface area contributed by atoms with Gasteiger partial charge in [0.1, 0.15) is 0 Å². The Bertz CT molecular complexity index is 340. The molecule has 2 N–H and O–H groups in total. The summed E-state index contributed by atoms with van der Waals surface area (Å²) in [5.41, 5.74) is 1.91. The highest BCUT2D eigenvalue weighted by molar-refractivity contribution is 6.33. The van der Waals surface area contributed by atoms with Gasteiger partial charge in [0.2, 0.25) is 0 Å². The number of hydrogen-bond donors (Lipinski definition) is 2. The molecule has 1 heterocycles. The van der Waals surface area contributed by atoms with Crippen molar-refractivity contribution in [1.82, 2.24) is 0 Å². The van der Waals surface area contributed by atoms with Crippen LogP contribution >= 0.6 is 11.6 Å². The predicted molar refractivity (Wildman–Crippen MR) is 54.3 cm³/mol. The van der Waals surface area contributed by atoms with E-state index in [2.05, 4.69) is 5.32 Å². The second kappa shape index (κ2) is 2.89. The van der Waals surface area contributed by atoms with E-state index >= 15 is 0 Å². The van der Waals surface area contributed by atoms with Gasteiger partial charge in [-0.1, -0.05) is 23.7 Å². The van der Waals surface area contributed by atoms with Crippen LogP contribution in [0, 0.1) is 0 Å². The number of benzene rings is 1. The fourth-order valence-electron chi connectivity index (χ4n) is 1.72. The molecule has 1 atom stereocenters. The molecule has 1 aliphatic heterocycles. The summed E-state index contributed by atoms with van der Waals surface area (Å²) in [6.07, 6.45) is 0.833. The summed E-state index contributed by atoms with van der Waals surface area (Å²) in [6.45, 7) is 2.11. The molecule has 0 aromatic heterocycles. The van der Waals surface area contributed by atoms with Crippen LogP contribution in [0.25, 0.3) is 0 Å². The van der Waals surface area contributed by atoms with Gasteiger partial charge in [0.05, 0.1) is 22.9 Å². The summed E-state index contributed by atoms with van der Waals surface area (Å²) in [5.74, 6) is 0. The average Bonchev–Trinajstić information content (AvgIpc) is 2.45. The largest absolute Gasteiger partial charge is 0.394 e. The fraction of sp³-hybridized carbons (Fsp3) is 0.400. The third kappa shape index (κ3) is 1.40. The minimum atomic E-state index is -0.243. The Balaban J connectivity index is 2.40. The van der Waals surface area contributed by atoms with E-state index in [-0.39, 0.29) is 12.1 Å². The van der Waals surface area contributed by atoms with Gasteiger partial charge >= 0.3 is 0 Å². The maximum Gasteiger partial charge on any atom is 0.0662 e. The Morgan fingerprint density at radius 3 is 3.00 bits per heavy atom. The van der Waals surface area contributed by atoms with E-state index in [1.54, 1.807) is 0 Å². The third-order valence-corrected chi connectivity index (χ3v) is 2.77. The summed E-state index contributed by atoms with van der Waals surface area (Å²) in [5, 5.41) is 13.2. The number of rotatable bonds is 1. The Hall–Kier alpha value is -0.730. The van der Waals surface area contributed by atoms with Crippen molar-refractivity contribution < 1.29 is 5.11 Å². The first-order valence-electron chi connectivity index (χ1n) is 4.31. The van der Waals surface area contributed by atoms with E-state index in [9.17, 15) is 5.11 Å². The Labute approximate surface area is 82.5 Å². The lowest BCUT2D eigenvalue weighted by Crippen LogP contribution is -2.36. The molecule has 0 saturated heterocycles. The minimum Gasteiger partial charge on any atom is -0.394 e. The van der Waals surface area contributed by atoms with Gasteiger partial charge in [0, 0.05) is 0 Å². The molecule has 1 aliphatic rings. The van der Waals surface area contributed by atoms with Crippen LogP contribution in [0.1, 0.15) is 12.5 Å². The highest BCUT2D eigenvalue weighted by Crippen LogP contribution is 2.36. The van der Waals surface area contributed by atoms with Gasteiger partial charge < -0.3 is 10.4 Å². The topological polar surface area (TPSA) is 32.3 Å². The number of anilines is 1. The molecule has 2 rings (SSSR count). The first kappa shape index (κ1) is 8.85. The van der Waals surface area contributed by atoms with E-state index in [0.717, 1.165) is 17.1 Å². The molecule has 0 spiro atoms. The highest BCUT2D eigenvalue weighted by atomic mass is 35.5. The number of para-hydroxylation sites is 1. The molecular weight excluding hydrogens is 186 g/mol. The Morgan fingerprint density at radius 2 is 2.38 bits per heavy atom. The molecule has 1 aromatic carbocycles. The SMILES string of the molecule is CC1(CO)Cc2cccc(Cl)c2N1. The van der Waals surface area contributed by atoms with Gasteiger partial charge in [0.15, 0.2) is 0 Å². The summed E-state index contributed by atoms with van der Waals surface area (Å²) in [4.78, 5) is 0. The first-order chi connectivity index (χ1) is 6.14. The molecule has 0 radical (unpaired) electrons. The monoisotopic (exact) mass is 197 g/mol. The zero-order chi connectivity index (χ0) is 9.47. The quantitative estimate of drug-likeness (QED) is 0.723. The zero-order valence-electron chi connectivity index (χ0n) is 7.47. The second-order valence-corrected chi connectivity index (χ2v) is 4.20. The average molecular weight is 198 g/mol. The van der Waals surface area contributed by atoms with Gasteiger partial charge in [-0.05, 0) is 25.0 Å². The van der Waals surface area contributed by atoms with E-state index < -0.39 is 0 Å². The normalized spacial score (nSPS) is 25.5. The van der Waals surface area contributed by atoms with Crippen LogP contribution in [-0.4, -0.2) is 17.3 Å². The molecule has 3 heteroatoms. The van der Waals surface area contributed by atoms with Crippen molar-refractivity contribution >= 4 is 17.3 Å². The van der Waals surface area contributed by atoms with Gasteiger partial charge in [0.25, 0.3) is 0 Å². The van der Waals surface area contributed by atoms with E-state index in [1.165, 1.54) is 5.56 Å². The second-order valence-electron chi connectivity index (χ2n) is 3.79. The lowest BCUT2D eigenvalue weighted by Gasteiger charge is -2.21. The Kier molecular flexibility index (Phi) is 1.97. The number of fused-ring (bicyclic) bond motifs is 1. The number of aliphatic hydroxyl groups is 1. The molecule has 0 amide bonds. The van der Waals surface area contributed by atoms with E-state index in [0.29, 0.717) is 0 Å². The molecule has 1 aromatic rings. The number of halogens is 1. The number of hydrogen-bond acceptors (Lipinski definition) is 2. The van der Waals surface area contributed by atoms with Crippen molar-refractivity contribution in [2.24, 2.45) is 0 Å². The van der Waals surface area contributed by atoms with Crippen molar-refractivity contribution in [3.63, 3.8) is 0 Å². The lowest BCUT2D eigenvalue weighted by atomic mass is 9.99.